The van der Waals surface area contributed by atoms with Crippen LogP contribution in [0.5, 0.6) is 0 Å². The lowest BCUT2D eigenvalue weighted by molar-refractivity contribution is -0.133. The second-order valence-electron chi connectivity index (χ2n) is 8.27. The Labute approximate surface area is 186 Å². The Morgan fingerprint density at radius 1 is 1.10 bits per heavy atom. The van der Waals surface area contributed by atoms with Gasteiger partial charge in [0.25, 0.3) is 11.8 Å². The van der Waals surface area contributed by atoms with Gasteiger partial charge in [-0.1, -0.05) is 29.8 Å². The second-order valence-corrected chi connectivity index (χ2v) is 8.71. The molecule has 2 aromatic carbocycles. The summed E-state index contributed by atoms with van der Waals surface area (Å²) < 4.78 is 0. The molecule has 0 aliphatic carbocycles. The van der Waals surface area contributed by atoms with Crippen LogP contribution >= 0.6 is 11.6 Å². The highest BCUT2D eigenvalue weighted by Gasteiger charge is 2.52. The molecular weight excluding hydrogens is 416 g/mol. The van der Waals surface area contributed by atoms with Gasteiger partial charge in [-0.2, -0.15) is 0 Å². The van der Waals surface area contributed by atoms with Gasteiger partial charge >= 0.3 is 6.03 Å². The number of benzene rings is 2. The van der Waals surface area contributed by atoms with Crippen LogP contribution in [0.4, 0.5) is 10.5 Å². The van der Waals surface area contributed by atoms with E-state index in [1.165, 1.54) is 4.90 Å². The number of carbonyl (C=O) groups excluding carboxylic acids is 3. The summed E-state index contributed by atoms with van der Waals surface area (Å²) in [6.45, 7) is 0.983. The highest BCUT2D eigenvalue weighted by molar-refractivity contribution is 6.30. The number of urea groups is 1. The number of imide groups is 1. The van der Waals surface area contributed by atoms with Crippen LogP contribution in [0.3, 0.4) is 0 Å². The van der Waals surface area contributed by atoms with Crippen molar-refractivity contribution < 1.29 is 14.4 Å². The van der Waals surface area contributed by atoms with Gasteiger partial charge in [0.05, 0.1) is 6.54 Å². The minimum absolute atomic E-state index is 0.0638. The van der Waals surface area contributed by atoms with Crippen LogP contribution in [0, 0.1) is 0 Å². The van der Waals surface area contributed by atoms with Gasteiger partial charge < -0.3 is 15.1 Å². The van der Waals surface area contributed by atoms with Crippen molar-refractivity contribution in [1.29, 1.82) is 0 Å². The average Bonchev–Trinajstić information content (AvgIpc) is 2.98. The number of hydrogen-bond donors (Lipinski definition) is 1. The maximum atomic E-state index is 13.1. The van der Waals surface area contributed by atoms with Gasteiger partial charge in [0.1, 0.15) is 5.54 Å². The van der Waals surface area contributed by atoms with Gasteiger partial charge in [-0.3, -0.25) is 14.5 Å². The summed E-state index contributed by atoms with van der Waals surface area (Å²) in [5.74, 6) is -0.301. The van der Waals surface area contributed by atoms with Crippen molar-refractivity contribution in [3.63, 3.8) is 0 Å². The fraction of sp³-hybridized carbons (Fsp3) is 0.348. The molecule has 1 N–H and O–H groups in total. The SMILES string of the molecule is CN(C)c1cccc(C(=O)N2CCC3(CC2)NC(=O)N(Cc2cccc(Cl)c2)C3=O)c1. The van der Waals surface area contributed by atoms with E-state index in [0.29, 0.717) is 36.5 Å². The summed E-state index contributed by atoms with van der Waals surface area (Å²) in [6.07, 6.45) is 0.783. The predicted molar refractivity (Wildman–Crippen MR) is 119 cm³/mol. The molecule has 2 fully saturated rings. The molecule has 0 unspecified atom stereocenters. The molecule has 2 heterocycles. The maximum Gasteiger partial charge on any atom is 0.325 e. The number of nitrogens with one attached hydrogen (secondary N) is 1. The number of halogens is 1. The number of nitrogens with zero attached hydrogens (tertiary/aromatic N) is 3. The van der Waals surface area contributed by atoms with Gasteiger partial charge in [0.2, 0.25) is 0 Å². The molecule has 0 saturated carbocycles. The number of hydrogen-bond acceptors (Lipinski definition) is 4. The van der Waals surface area contributed by atoms with Crippen LogP contribution in [-0.4, -0.2) is 60.4 Å². The molecule has 1 spiro atoms. The Morgan fingerprint density at radius 3 is 2.48 bits per heavy atom. The van der Waals surface area contributed by atoms with Crippen molar-refractivity contribution in [1.82, 2.24) is 15.1 Å². The molecule has 2 saturated heterocycles. The van der Waals surface area contributed by atoms with Crippen LogP contribution in [0.15, 0.2) is 48.5 Å². The number of amides is 4. The molecule has 0 radical (unpaired) electrons. The lowest BCUT2D eigenvalue weighted by Gasteiger charge is -2.37. The standard InChI is InChI=1S/C23H25ClN4O3/c1-26(2)19-8-4-6-17(14-19)20(29)27-11-9-23(10-12-27)21(30)28(22(31)25-23)15-16-5-3-7-18(24)13-16/h3-8,13-14H,9-12,15H2,1-2H3,(H,25,31). The lowest BCUT2D eigenvalue weighted by Crippen LogP contribution is -2.55. The molecule has 8 heteroatoms. The van der Waals surface area contributed by atoms with E-state index < -0.39 is 11.6 Å². The quantitative estimate of drug-likeness (QED) is 0.741. The molecule has 0 aromatic heterocycles. The van der Waals surface area contributed by atoms with Crippen LogP contribution in [-0.2, 0) is 11.3 Å². The summed E-state index contributed by atoms with van der Waals surface area (Å²) in [5.41, 5.74) is 1.42. The van der Waals surface area contributed by atoms with Crippen molar-refractivity contribution in [2.75, 3.05) is 32.1 Å². The fourth-order valence-electron chi connectivity index (χ4n) is 4.17. The van der Waals surface area contributed by atoms with E-state index in [-0.39, 0.29) is 18.4 Å². The zero-order chi connectivity index (χ0) is 22.2. The van der Waals surface area contributed by atoms with Crippen molar-refractivity contribution >= 4 is 35.1 Å². The molecule has 31 heavy (non-hydrogen) atoms. The molecule has 4 amide bonds. The molecule has 162 valence electrons. The normalized spacial score (nSPS) is 17.8. The average molecular weight is 441 g/mol. The smallest absolute Gasteiger partial charge is 0.325 e. The number of piperidine rings is 1. The third-order valence-corrected chi connectivity index (χ3v) is 6.22. The molecule has 0 atom stereocenters. The van der Waals surface area contributed by atoms with Gasteiger partial charge in [-0.25, -0.2) is 4.79 Å². The number of likely N-dealkylation sites (tertiary alicyclic amines) is 1. The summed E-state index contributed by atoms with van der Waals surface area (Å²) in [5, 5.41) is 3.45. The molecule has 2 aromatic rings. The molecule has 4 rings (SSSR count). The van der Waals surface area contributed by atoms with E-state index in [9.17, 15) is 14.4 Å². The third kappa shape index (κ3) is 4.10. The zero-order valence-electron chi connectivity index (χ0n) is 17.6. The lowest BCUT2D eigenvalue weighted by atomic mass is 9.87. The van der Waals surface area contributed by atoms with Crippen molar-refractivity contribution in [3.8, 4) is 0 Å². The van der Waals surface area contributed by atoms with Crippen LogP contribution < -0.4 is 10.2 Å². The largest absolute Gasteiger partial charge is 0.378 e. The molecular formula is C23H25ClN4O3. The first-order valence-electron chi connectivity index (χ1n) is 10.2. The first-order valence-corrected chi connectivity index (χ1v) is 10.6. The van der Waals surface area contributed by atoms with Gasteiger partial charge in [0, 0.05) is 43.5 Å². The van der Waals surface area contributed by atoms with Crippen molar-refractivity contribution in [2.45, 2.75) is 24.9 Å². The Balaban J connectivity index is 1.44. The summed E-state index contributed by atoms with van der Waals surface area (Å²) in [7, 11) is 3.86. The van der Waals surface area contributed by atoms with Crippen LogP contribution in [0.2, 0.25) is 5.02 Å². The molecule has 2 aliphatic rings. The Kier molecular flexibility index (Phi) is 5.62. The highest BCUT2D eigenvalue weighted by Crippen LogP contribution is 2.31. The van der Waals surface area contributed by atoms with E-state index in [1.54, 1.807) is 29.2 Å². The van der Waals surface area contributed by atoms with E-state index in [4.69, 9.17) is 11.6 Å². The minimum atomic E-state index is -0.947. The topological polar surface area (TPSA) is 73.0 Å². The minimum Gasteiger partial charge on any atom is -0.378 e. The van der Waals surface area contributed by atoms with Crippen LogP contribution in [0.25, 0.3) is 0 Å². The van der Waals surface area contributed by atoms with E-state index >= 15 is 0 Å². The van der Waals surface area contributed by atoms with Crippen molar-refractivity contribution in [3.05, 3.63) is 64.7 Å². The molecule has 0 bridgehead atoms. The summed E-state index contributed by atoms with van der Waals surface area (Å²) in [4.78, 5) is 43.6. The Morgan fingerprint density at radius 2 is 1.81 bits per heavy atom. The van der Waals surface area contributed by atoms with E-state index in [0.717, 1.165) is 11.3 Å². The van der Waals surface area contributed by atoms with Gasteiger partial charge in [-0.05, 0) is 48.7 Å². The van der Waals surface area contributed by atoms with E-state index in [2.05, 4.69) is 5.32 Å². The van der Waals surface area contributed by atoms with Gasteiger partial charge in [0.15, 0.2) is 0 Å². The van der Waals surface area contributed by atoms with Crippen LogP contribution in [0.1, 0.15) is 28.8 Å². The monoisotopic (exact) mass is 440 g/mol. The third-order valence-electron chi connectivity index (χ3n) is 5.99. The molecule has 7 nitrogen and oxygen atoms in total. The zero-order valence-corrected chi connectivity index (χ0v) is 18.4. The molecule has 2 aliphatic heterocycles. The number of rotatable bonds is 4. The first kappa shape index (κ1) is 21.2. The van der Waals surface area contributed by atoms with Gasteiger partial charge in [-0.15, -0.1) is 0 Å². The fourth-order valence-corrected chi connectivity index (χ4v) is 4.38. The summed E-state index contributed by atoms with van der Waals surface area (Å²) in [6, 6.07) is 14.2. The number of carbonyl (C=O) groups is 3. The Hall–Kier alpha value is -3.06. The Bertz CT molecular complexity index is 1030. The first-order chi connectivity index (χ1) is 14.8. The number of anilines is 1. The highest BCUT2D eigenvalue weighted by atomic mass is 35.5. The second kappa shape index (κ2) is 8.23. The van der Waals surface area contributed by atoms with E-state index in [1.807, 2.05) is 43.3 Å². The summed E-state index contributed by atoms with van der Waals surface area (Å²) >= 11 is 6.02. The predicted octanol–water partition coefficient (Wildman–Crippen LogP) is 3.13. The van der Waals surface area contributed by atoms with Crippen molar-refractivity contribution in [2.24, 2.45) is 0 Å². The maximum absolute atomic E-state index is 13.1.